The van der Waals surface area contributed by atoms with Gasteiger partial charge in [-0.15, -0.1) is 0 Å². The molecule has 3 aromatic carbocycles. The molecule has 1 N–H and O–H groups in total. The Morgan fingerprint density at radius 1 is 0.879 bits per heavy atom. The van der Waals surface area contributed by atoms with E-state index in [0.29, 0.717) is 11.3 Å². The first kappa shape index (κ1) is 22.6. The second-order valence-corrected chi connectivity index (χ2v) is 8.22. The smallest absolute Gasteiger partial charge is 0.262 e. The molecule has 0 unspecified atom stereocenters. The van der Waals surface area contributed by atoms with Gasteiger partial charge in [-0.25, -0.2) is 0 Å². The van der Waals surface area contributed by atoms with Crippen molar-refractivity contribution in [3.8, 4) is 5.75 Å². The summed E-state index contributed by atoms with van der Waals surface area (Å²) in [5.74, 6) is 0.215. The van der Waals surface area contributed by atoms with Crippen molar-refractivity contribution in [2.45, 2.75) is 13.5 Å². The minimum Gasteiger partial charge on any atom is -0.484 e. The van der Waals surface area contributed by atoms with E-state index >= 15 is 0 Å². The van der Waals surface area contributed by atoms with Crippen molar-refractivity contribution < 1.29 is 14.3 Å². The van der Waals surface area contributed by atoms with Gasteiger partial charge in [-0.1, -0.05) is 42.5 Å². The maximum absolute atomic E-state index is 12.3. The molecular weight excluding hydrogens is 414 g/mol. The number of carbonyl (C=O) groups excluding carboxylic acids is 2. The summed E-state index contributed by atoms with van der Waals surface area (Å²) in [7, 11) is 0. The first-order valence-electron chi connectivity index (χ1n) is 11.2. The number of carbonyl (C=O) groups is 2. The van der Waals surface area contributed by atoms with Crippen LogP contribution in [0.2, 0.25) is 0 Å². The molecule has 3 aromatic rings. The normalized spacial score (nSPS) is 14.0. The second kappa shape index (κ2) is 10.8. The highest BCUT2D eigenvalue weighted by Gasteiger charge is 2.17. The zero-order valence-corrected chi connectivity index (χ0v) is 18.9. The maximum Gasteiger partial charge on any atom is 0.262 e. The van der Waals surface area contributed by atoms with Gasteiger partial charge < -0.3 is 15.0 Å². The molecule has 0 saturated carbocycles. The predicted octanol–water partition coefficient (Wildman–Crippen LogP) is 4.23. The lowest BCUT2D eigenvalue weighted by Crippen LogP contribution is -2.45. The van der Waals surface area contributed by atoms with Gasteiger partial charge in [0.2, 0.25) is 0 Å². The van der Waals surface area contributed by atoms with Gasteiger partial charge in [0.25, 0.3) is 5.91 Å². The molecule has 0 bridgehead atoms. The third kappa shape index (κ3) is 6.43. The number of ketones is 1. The Balaban J connectivity index is 1.23. The van der Waals surface area contributed by atoms with Crippen molar-refractivity contribution in [1.82, 2.24) is 4.90 Å². The highest BCUT2D eigenvalue weighted by atomic mass is 16.5. The maximum atomic E-state index is 12.3. The molecule has 0 atom stereocenters. The van der Waals surface area contributed by atoms with Crippen molar-refractivity contribution in [3.05, 3.63) is 90.0 Å². The Bertz CT molecular complexity index is 1080. The number of hydrogen-bond donors (Lipinski definition) is 1. The lowest BCUT2D eigenvalue weighted by molar-refractivity contribution is -0.118. The molecule has 0 aromatic heterocycles. The molecule has 170 valence electrons. The number of benzene rings is 3. The van der Waals surface area contributed by atoms with E-state index in [9.17, 15) is 9.59 Å². The molecule has 6 heteroatoms. The molecule has 1 saturated heterocycles. The zero-order valence-electron chi connectivity index (χ0n) is 18.9. The van der Waals surface area contributed by atoms with Crippen LogP contribution in [0.25, 0.3) is 0 Å². The van der Waals surface area contributed by atoms with Crippen LogP contribution in [0.3, 0.4) is 0 Å². The summed E-state index contributed by atoms with van der Waals surface area (Å²) in [5.41, 5.74) is 3.79. The Morgan fingerprint density at radius 2 is 1.61 bits per heavy atom. The van der Waals surface area contributed by atoms with Crippen LogP contribution in [0.1, 0.15) is 22.8 Å². The second-order valence-electron chi connectivity index (χ2n) is 8.22. The highest BCUT2D eigenvalue weighted by molar-refractivity contribution is 5.94. The van der Waals surface area contributed by atoms with Gasteiger partial charge in [-0.05, 0) is 48.9 Å². The van der Waals surface area contributed by atoms with Gasteiger partial charge in [0, 0.05) is 49.7 Å². The molecule has 0 radical (unpaired) electrons. The number of ether oxygens (including phenoxy) is 1. The molecule has 1 heterocycles. The van der Waals surface area contributed by atoms with E-state index in [-0.39, 0.29) is 18.3 Å². The number of anilines is 2. The van der Waals surface area contributed by atoms with Crippen LogP contribution in [0, 0.1) is 0 Å². The number of amides is 1. The van der Waals surface area contributed by atoms with E-state index in [0.717, 1.165) is 44.1 Å². The molecule has 0 spiro atoms. The minimum absolute atomic E-state index is 0.0393. The minimum atomic E-state index is -0.245. The van der Waals surface area contributed by atoms with E-state index in [4.69, 9.17) is 4.74 Å². The van der Waals surface area contributed by atoms with E-state index in [1.54, 1.807) is 24.3 Å². The van der Waals surface area contributed by atoms with Crippen molar-refractivity contribution in [2.24, 2.45) is 0 Å². The van der Waals surface area contributed by atoms with Crippen LogP contribution in [0.4, 0.5) is 11.4 Å². The SMILES string of the molecule is CC(=O)c1cccc(OCC(=O)Nc2ccc(N3CCN(Cc4ccccc4)CC3)cc2)c1. The molecule has 1 aliphatic rings. The van der Waals surface area contributed by atoms with Gasteiger partial charge in [-0.2, -0.15) is 0 Å². The van der Waals surface area contributed by atoms with E-state index in [2.05, 4.69) is 45.4 Å². The molecule has 1 aliphatic heterocycles. The summed E-state index contributed by atoms with van der Waals surface area (Å²) in [6.45, 7) is 6.37. The molecule has 33 heavy (non-hydrogen) atoms. The first-order valence-corrected chi connectivity index (χ1v) is 11.2. The van der Waals surface area contributed by atoms with Gasteiger partial charge >= 0.3 is 0 Å². The number of hydrogen-bond acceptors (Lipinski definition) is 5. The van der Waals surface area contributed by atoms with Crippen LogP contribution in [0.15, 0.2) is 78.9 Å². The number of nitrogens with one attached hydrogen (secondary N) is 1. The monoisotopic (exact) mass is 443 g/mol. The summed E-state index contributed by atoms with van der Waals surface area (Å²) in [4.78, 5) is 28.6. The summed E-state index contributed by atoms with van der Waals surface area (Å²) in [6, 6.07) is 25.3. The molecule has 1 amide bonds. The molecule has 4 rings (SSSR count). The fourth-order valence-electron chi connectivity index (χ4n) is 3.91. The van der Waals surface area contributed by atoms with E-state index in [1.807, 2.05) is 24.3 Å². The average molecular weight is 444 g/mol. The van der Waals surface area contributed by atoms with Gasteiger partial charge in [0.05, 0.1) is 0 Å². The first-order chi connectivity index (χ1) is 16.1. The van der Waals surface area contributed by atoms with E-state index in [1.165, 1.54) is 12.5 Å². The van der Waals surface area contributed by atoms with Crippen molar-refractivity contribution in [1.29, 1.82) is 0 Å². The fourth-order valence-corrected chi connectivity index (χ4v) is 3.91. The number of nitrogens with zero attached hydrogens (tertiary/aromatic N) is 2. The lowest BCUT2D eigenvalue weighted by Gasteiger charge is -2.36. The summed E-state index contributed by atoms with van der Waals surface area (Å²) in [6.07, 6.45) is 0. The summed E-state index contributed by atoms with van der Waals surface area (Å²) >= 11 is 0. The lowest BCUT2D eigenvalue weighted by atomic mass is 10.1. The fraction of sp³-hybridized carbons (Fsp3) is 0.259. The highest BCUT2D eigenvalue weighted by Crippen LogP contribution is 2.20. The van der Waals surface area contributed by atoms with Crippen LogP contribution < -0.4 is 15.0 Å². The van der Waals surface area contributed by atoms with Crippen molar-refractivity contribution in [3.63, 3.8) is 0 Å². The summed E-state index contributed by atoms with van der Waals surface area (Å²) < 4.78 is 5.53. The van der Waals surface area contributed by atoms with Gasteiger partial charge in [0.1, 0.15) is 5.75 Å². The number of piperazine rings is 1. The van der Waals surface area contributed by atoms with E-state index < -0.39 is 0 Å². The van der Waals surface area contributed by atoms with Crippen LogP contribution >= 0.6 is 0 Å². The molecule has 6 nitrogen and oxygen atoms in total. The zero-order chi connectivity index (χ0) is 23.0. The van der Waals surface area contributed by atoms with Crippen LogP contribution in [-0.2, 0) is 11.3 Å². The van der Waals surface area contributed by atoms with Gasteiger partial charge in [0.15, 0.2) is 12.4 Å². The molecular formula is C27H29N3O3. The third-order valence-electron chi connectivity index (χ3n) is 5.75. The largest absolute Gasteiger partial charge is 0.484 e. The number of Topliss-reactive ketones (excluding diaryl/α,β-unsaturated/α-hetero) is 1. The van der Waals surface area contributed by atoms with Crippen molar-refractivity contribution >= 4 is 23.1 Å². The Labute approximate surface area is 194 Å². The van der Waals surface area contributed by atoms with Crippen LogP contribution in [0.5, 0.6) is 5.75 Å². The third-order valence-corrected chi connectivity index (χ3v) is 5.75. The topological polar surface area (TPSA) is 61.9 Å². The Hall–Kier alpha value is -3.64. The quantitative estimate of drug-likeness (QED) is 0.528. The van der Waals surface area contributed by atoms with Gasteiger partial charge in [-0.3, -0.25) is 14.5 Å². The standard InChI is InChI=1S/C27H29N3O3/c1-21(31)23-8-5-9-26(18-23)33-20-27(32)28-24-10-12-25(13-11-24)30-16-14-29(15-17-30)19-22-6-3-2-4-7-22/h2-13,18H,14-17,19-20H2,1H3,(H,28,32). The van der Waals surface area contributed by atoms with Crippen LogP contribution in [-0.4, -0.2) is 49.4 Å². The molecule has 1 fully saturated rings. The predicted molar refractivity (Wildman–Crippen MR) is 131 cm³/mol. The summed E-state index contributed by atoms with van der Waals surface area (Å²) in [5, 5.41) is 2.86. The average Bonchev–Trinajstić information content (AvgIpc) is 2.85. The number of rotatable bonds is 8. The molecule has 0 aliphatic carbocycles. The Kier molecular flexibility index (Phi) is 7.37. The Morgan fingerprint density at radius 3 is 2.30 bits per heavy atom. The van der Waals surface area contributed by atoms with Crippen molar-refractivity contribution in [2.75, 3.05) is 43.0 Å².